The third-order valence-corrected chi connectivity index (χ3v) is 2.06. The van der Waals surface area contributed by atoms with Crippen LogP contribution in [0.1, 0.15) is 11.6 Å². The molecule has 0 aliphatic carbocycles. The van der Waals surface area contributed by atoms with E-state index < -0.39 is 12.5 Å². The van der Waals surface area contributed by atoms with Crippen molar-refractivity contribution in [3.63, 3.8) is 0 Å². The molecular formula is C10H13F2NO2. The van der Waals surface area contributed by atoms with E-state index >= 15 is 0 Å². The van der Waals surface area contributed by atoms with Gasteiger partial charge in [0, 0.05) is 0 Å². The van der Waals surface area contributed by atoms with E-state index in [1.807, 2.05) is 0 Å². The smallest absolute Gasteiger partial charge is 0.257 e. The lowest BCUT2D eigenvalue weighted by Gasteiger charge is -2.13. The number of hydrogen-bond donors (Lipinski definition) is 1. The quantitative estimate of drug-likeness (QED) is 0.838. The molecule has 0 bridgehead atoms. The number of halogens is 2. The van der Waals surface area contributed by atoms with Crippen molar-refractivity contribution in [2.45, 2.75) is 12.5 Å². The molecule has 0 amide bonds. The first-order chi connectivity index (χ1) is 7.10. The lowest BCUT2D eigenvalue weighted by molar-refractivity contribution is 0.116. The van der Waals surface area contributed by atoms with Gasteiger partial charge < -0.3 is 15.2 Å². The molecule has 15 heavy (non-hydrogen) atoms. The van der Waals surface area contributed by atoms with E-state index in [0.29, 0.717) is 17.1 Å². The van der Waals surface area contributed by atoms with Gasteiger partial charge in [0.05, 0.1) is 20.3 Å². The van der Waals surface area contributed by atoms with Gasteiger partial charge in [0.1, 0.15) is 0 Å². The Balaban J connectivity index is 3.02. The van der Waals surface area contributed by atoms with Gasteiger partial charge in [-0.25, -0.2) is 8.78 Å². The summed E-state index contributed by atoms with van der Waals surface area (Å²) < 4.78 is 34.6. The normalized spacial score (nSPS) is 12.7. The van der Waals surface area contributed by atoms with E-state index in [1.54, 1.807) is 6.07 Å². The molecule has 1 atom stereocenters. The molecule has 84 valence electrons. The highest BCUT2D eigenvalue weighted by Crippen LogP contribution is 2.30. The van der Waals surface area contributed by atoms with Crippen molar-refractivity contribution in [3.8, 4) is 11.5 Å². The minimum absolute atomic E-state index is 0.322. The van der Waals surface area contributed by atoms with Crippen molar-refractivity contribution >= 4 is 0 Å². The first-order valence-corrected chi connectivity index (χ1v) is 4.35. The third-order valence-electron chi connectivity index (χ3n) is 2.06. The Morgan fingerprint density at radius 1 is 1.13 bits per heavy atom. The van der Waals surface area contributed by atoms with Crippen molar-refractivity contribution < 1.29 is 18.3 Å². The monoisotopic (exact) mass is 217 g/mol. The fourth-order valence-electron chi connectivity index (χ4n) is 1.21. The molecule has 3 nitrogen and oxygen atoms in total. The molecule has 0 saturated carbocycles. The number of alkyl halides is 2. The molecule has 0 fully saturated rings. The molecule has 0 spiro atoms. The Hall–Kier alpha value is -1.36. The molecule has 1 rings (SSSR count). The largest absolute Gasteiger partial charge is 0.493 e. The van der Waals surface area contributed by atoms with Gasteiger partial charge in [-0.2, -0.15) is 0 Å². The molecule has 0 aromatic heterocycles. The highest BCUT2D eigenvalue weighted by atomic mass is 19.3. The van der Waals surface area contributed by atoms with Gasteiger partial charge in [-0.15, -0.1) is 0 Å². The molecule has 1 aromatic carbocycles. The average molecular weight is 217 g/mol. The van der Waals surface area contributed by atoms with Crippen molar-refractivity contribution in [3.05, 3.63) is 23.8 Å². The van der Waals surface area contributed by atoms with Gasteiger partial charge in [-0.1, -0.05) is 6.07 Å². The van der Waals surface area contributed by atoms with E-state index in [9.17, 15) is 8.78 Å². The van der Waals surface area contributed by atoms with E-state index in [2.05, 4.69) is 0 Å². The van der Waals surface area contributed by atoms with E-state index in [-0.39, 0.29) is 0 Å². The molecule has 0 aliphatic rings. The predicted molar refractivity (Wildman–Crippen MR) is 52.5 cm³/mol. The summed E-state index contributed by atoms with van der Waals surface area (Å²) in [5.74, 6) is 0.883. The second kappa shape index (κ2) is 4.93. The van der Waals surface area contributed by atoms with Gasteiger partial charge in [-0.05, 0) is 17.7 Å². The fraction of sp³-hybridized carbons (Fsp3) is 0.400. The summed E-state index contributed by atoms with van der Waals surface area (Å²) in [5.41, 5.74) is 5.63. The van der Waals surface area contributed by atoms with Crippen molar-refractivity contribution in [1.29, 1.82) is 0 Å². The summed E-state index contributed by atoms with van der Waals surface area (Å²) in [6, 6.07) is 3.20. The highest BCUT2D eigenvalue weighted by Gasteiger charge is 2.18. The van der Waals surface area contributed by atoms with Crippen LogP contribution >= 0.6 is 0 Å². The van der Waals surface area contributed by atoms with Crippen LogP contribution in [-0.4, -0.2) is 20.6 Å². The van der Waals surface area contributed by atoms with Crippen molar-refractivity contribution in [2.75, 3.05) is 14.2 Å². The molecule has 1 unspecified atom stereocenters. The summed E-state index contributed by atoms with van der Waals surface area (Å²) >= 11 is 0. The molecular weight excluding hydrogens is 204 g/mol. The van der Waals surface area contributed by atoms with Crippen LogP contribution in [0.5, 0.6) is 11.5 Å². The first-order valence-electron chi connectivity index (χ1n) is 4.35. The third kappa shape index (κ3) is 2.56. The minimum Gasteiger partial charge on any atom is -0.493 e. The topological polar surface area (TPSA) is 44.5 Å². The van der Waals surface area contributed by atoms with Crippen LogP contribution in [0.25, 0.3) is 0 Å². The standard InChI is InChI=1S/C10H13F2NO2/c1-14-7-4-3-6(5-8(7)15-2)9(13)10(11)12/h3-5,9-10H,13H2,1-2H3. The zero-order chi connectivity index (χ0) is 11.4. The van der Waals surface area contributed by atoms with E-state index in [1.165, 1.54) is 26.4 Å². The number of nitrogens with two attached hydrogens (primary N) is 1. The number of methoxy groups -OCH3 is 2. The van der Waals surface area contributed by atoms with Gasteiger partial charge in [-0.3, -0.25) is 0 Å². The van der Waals surface area contributed by atoms with Crippen LogP contribution in [0.15, 0.2) is 18.2 Å². The Labute approximate surface area is 86.8 Å². The van der Waals surface area contributed by atoms with Gasteiger partial charge in [0.2, 0.25) is 0 Å². The molecule has 0 radical (unpaired) electrons. The average Bonchev–Trinajstić information content (AvgIpc) is 2.26. The van der Waals surface area contributed by atoms with Gasteiger partial charge in [0.15, 0.2) is 11.5 Å². The van der Waals surface area contributed by atoms with Crippen LogP contribution in [0, 0.1) is 0 Å². The summed E-state index contributed by atoms with van der Waals surface area (Å²) in [7, 11) is 2.92. The van der Waals surface area contributed by atoms with Crippen molar-refractivity contribution in [1.82, 2.24) is 0 Å². The maximum Gasteiger partial charge on any atom is 0.257 e. The Morgan fingerprint density at radius 3 is 2.20 bits per heavy atom. The Morgan fingerprint density at radius 2 is 1.73 bits per heavy atom. The molecule has 0 heterocycles. The minimum atomic E-state index is -2.59. The summed E-state index contributed by atoms with van der Waals surface area (Å²) in [5, 5.41) is 0. The maximum absolute atomic E-state index is 12.3. The summed E-state index contributed by atoms with van der Waals surface area (Å²) in [4.78, 5) is 0. The number of ether oxygens (including phenoxy) is 2. The maximum atomic E-state index is 12.3. The van der Waals surface area contributed by atoms with Crippen LogP contribution in [0.3, 0.4) is 0 Å². The highest BCUT2D eigenvalue weighted by molar-refractivity contribution is 5.43. The SMILES string of the molecule is COc1ccc(C(N)C(F)F)cc1OC. The summed E-state index contributed by atoms with van der Waals surface area (Å²) in [6.45, 7) is 0. The first kappa shape index (κ1) is 11.7. The van der Waals surface area contributed by atoms with Crippen molar-refractivity contribution in [2.24, 2.45) is 5.73 Å². The van der Waals surface area contributed by atoms with Crippen LogP contribution < -0.4 is 15.2 Å². The zero-order valence-corrected chi connectivity index (χ0v) is 8.54. The number of hydrogen-bond acceptors (Lipinski definition) is 3. The molecule has 2 N–H and O–H groups in total. The van der Waals surface area contributed by atoms with Crippen LogP contribution in [0.4, 0.5) is 8.78 Å². The fourth-order valence-corrected chi connectivity index (χ4v) is 1.21. The second-order valence-corrected chi connectivity index (χ2v) is 2.97. The van der Waals surface area contributed by atoms with Crippen LogP contribution in [0.2, 0.25) is 0 Å². The van der Waals surface area contributed by atoms with Gasteiger partial charge >= 0.3 is 0 Å². The summed E-state index contributed by atoms with van der Waals surface area (Å²) in [6.07, 6.45) is -2.59. The van der Waals surface area contributed by atoms with E-state index in [0.717, 1.165) is 0 Å². The second-order valence-electron chi connectivity index (χ2n) is 2.97. The zero-order valence-electron chi connectivity index (χ0n) is 8.54. The molecule has 5 heteroatoms. The predicted octanol–water partition coefficient (Wildman–Crippen LogP) is 1.97. The Kier molecular flexibility index (Phi) is 3.85. The molecule has 1 aromatic rings. The van der Waals surface area contributed by atoms with Gasteiger partial charge in [0.25, 0.3) is 6.43 Å². The number of benzene rings is 1. The van der Waals surface area contributed by atoms with Crippen LogP contribution in [-0.2, 0) is 0 Å². The molecule has 0 saturated heterocycles. The Bertz CT molecular complexity index is 331. The lowest BCUT2D eigenvalue weighted by Crippen LogP contribution is -2.18. The van der Waals surface area contributed by atoms with E-state index in [4.69, 9.17) is 15.2 Å². The number of rotatable bonds is 4. The lowest BCUT2D eigenvalue weighted by atomic mass is 10.1. The molecule has 0 aliphatic heterocycles.